The van der Waals surface area contributed by atoms with Gasteiger partial charge in [-0.25, -0.2) is 0 Å². The van der Waals surface area contributed by atoms with Crippen LogP contribution in [0.4, 0.5) is 0 Å². The van der Waals surface area contributed by atoms with Gasteiger partial charge in [-0.05, 0) is 92.9 Å². The maximum absolute atomic E-state index is 6.57. The van der Waals surface area contributed by atoms with Gasteiger partial charge in [0.2, 0.25) is 0 Å². The topological polar surface area (TPSA) is 40.6 Å². The van der Waals surface area contributed by atoms with E-state index in [1.165, 1.54) is 11.1 Å². The van der Waals surface area contributed by atoms with Crippen LogP contribution in [0.5, 0.6) is 5.75 Å². The standard InChI is InChI=1S/C23H27BClNO3/c1-22(2)23(3,4)29-24(28-22)21-17-10-9-16(27-5)13-15(17)7-6-8-19(21)18-11-12-26-14-20(18)25/h9-14H,6-8H2,1-5H3. The van der Waals surface area contributed by atoms with Crippen LogP contribution in [0, 0.1) is 0 Å². The highest BCUT2D eigenvalue weighted by Gasteiger charge is 2.53. The molecule has 0 radical (unpaired) electrons. The molecule has 1 saturated heterocycles. The molecule has 29 heavy (non-hydrogen) atoms. The molecule has 0 atom stereocenters. The molecule has 4 rings (SSSR count). The average molecular weight is 412 g/mol. The quantitative estimate of drug-likeness (QED) is 0.614. The Morgan fingerprint density at radius 3 is 2.41 bits per heavy atom. The Labute approximate surface area is 178 Å². The predicted molar refractivity (Wildman–Crippen MR) is 118 cm³/mol. The van der Waals surface area contributed by atoms with E-state index in [1.807, 2.05) is 12.1 Å². The summed E-state index contributed by atoms with van der Waals surface area (Å²) in [5.41, 5.74) is 4.77. The van der Waals surface area contributed by atoms with Gasteiger partial charge in [-0.1, -0.05) is 17.7 Å². The molecular formula is C23H27BClNO3. The van der Waals surface area contributed by atoms with E-state index in [4.69, 9.17) is 25.6 Å². The summed E-state index contributed by atoms with van der Waals surface area (Å²) < 4.78 is 18.5. The third-order valence-electron chi connectivity index (χ3n) is 6.39. The van der Waals surface area contributed by atoms with Crippen LogP contribution in [0.2, 0.25) is 5.02 Å². The third kappa shape index (κ3) is 3.60. The van der Waals surface area contributed by atoms with Gasteiger partial charge >= 0.3 is 7.12 Å². The molecule has 0 unspecified atom stereocenters. The summed E-state index contributed by atoms with van der Waals surface area (Å²) in [7, 11) is 1.23. The maximum Gasteiger partial charge on any atom is 0.495 e. The van der Waals surface area contributed by atoms with Crippen molar-refractivity contribution >= 4 is 29.8 Å². The van der Waals surface area contributed by atoms with Gasteiger partial charge in [0.15, 0.2) is 0 Å². The van der Waals surface area contributed by atoms with Crippen molar-refractivity contribution in [2.24, 2.45) is 0 Å². The molecule has 0 spiro atoms. The molecule has 1 aromatic heterocycles. The first kappa shape index (κ1) is 20.5. The van der Waals surface area contributed by atoms with E-state index in [2.05, 4.69) is 44.8 Å². The van der Waals surface area contributed by atoms with Gasteiger partial charge in [0, 0.05) is 12.4 Å². The zero-order valence-electron chi connectivity index (χ0n) is 17.7. The van der Waals surface area contributed by atoms with Crippen molar-refractivity contribution in [2.45, 2.75) is 58.2 Å². The molecule has 2 aliphatic rings. The van der Waals surface area contributed by atoms with E-state index >= 15 is 0 Å². The largest absolute Gasteiger partial charge is 0.497 e. The summed E-state index contributed by atoms with van der Waals surface area (Å²) in [6, 6.07) is 8.23. The number of aryl methyl sites for hydroxylation is 1. The van der Waals surface area contributed by atoms with E-state index < -0.39 is 18.3 Å². The zero-order valence-corrected chi connectivity index (χ0v) is 18.5. The number of aromatic nitrogens is 1. The van der Waals surface area contributed by atoms with Gasteiger partial charge in [0.05, 0.1) is 23.3 Å². The Morgan fingerprint density at radius 1 is 1.03 bits per heavy atom. The summed E-state index contributed by atoms with van der Waals surface area (Å²) in [4.78, 5) is 4.17. The van der Waals surface area contributed by atoms with Crippen LogP contribution < -0.4 is 4.74 Å². The third-order valence-corrected chi connectivity index (χ3v) is 6.69. The number of allylic oxidation sites excluding steroid dienone is 1. The Kier molecular flexibility index (Phi) is 5.26. The minimum absolute atomic E-state index is 0.420. The van der Waals surface area contributed by atoms with Crippen LogP contribution in [-0.4, -0.2) is 30.4 Å². The fraction of sp³-hybridized carbons (Fsp3) is 0.435. The summed E-state index contributed by atoms with van der Waals surface area (Å²) in [5, 5.41) is 0.647. The summed E-state index contributed by atoms with van der Waals surface area (Å²) in [6.07, 6.45) is 6.35. The van der Waals surface area contributed by atoms with Crippen molar-refractivity contribution in [1.82, 2.24) is 4.98 Å². The highest BCUT2D eigenvalue weighted by atomic mass is 35.5. The average Bonchev–Trinajstić information content (AvgIpc) is 2.81. The van der Waals surface area contributed by atoms with Gasteiger partial charge in [0.1, 0.15) is 5.75 Å². The molecule has 2 aromatic rings. The molecule has 1 aliphatic carbocycles. The number of methoxy groups -OCH3 is 1. The Balaban J connectivity index is 1.94. The number of benzene rings is 1. The number of pyridine rings is 1. The molecule has 0 amide bonds. The molecule has 0 saturated carbocycles. The second-order valence-corrected chi connectivity index (χ2v) is 9.12. The fourth-order valence-electron chi connectivity index (χ4n) is 4.05. The number of fused-ring (bicyclic) bond motifs is 1. The molecule has 0 bridgehead atoms. The van der Waals surface area contributed by atoms with E-state index in [0.29, 0.717) is 5.02 Å². The molecule has 152 valence electrons. The smallest absolute Gasteiger partial charge is 0.495 e. The molecule has 2 heterocycles. The number of hydrogen-bond acceptors (Lipinski definition) is 4. The molecule has 1 aliphatic heterocycles. The Morgan fingerprint density at radius 2 is 1.76 bits per heavy atom. The van der Waals surface area contributed by atoms with E-state index in [0.717, 1.165) is 41.6 Å². The Bertz CT molecular complexity index is 954. The summed E-state index contributed by atoms with van der Waals surface area (Å²) in [6.45, 7) is 8.33. The van der Waals surface area contributed by atoms with E-state index in [1.54, 1.807) is 19.5 Å². The van der Waals surface area contributed by atoms with Gasteiger partial charge in [-0.2, -0.15) is 0 Å². The van der Waals surface area contributed by atoms with Crippen LogP contribution >= 0.6 is 11.6 Å². The van der Waals surface area contributed by atoms with Crippen LogP contribution in [0.3, 0.4) is 0 Å². The number of ether oxygens (including phenoxy) is 1. The minimum Gasteiger partial charge on any atom is -0.497 e. The lowest BCUT2D eigenvalue weighted by atomic mass is 9.69. The number of nitrogens with zero attached hydrogens (tertiary/aromatic N) is 1. The zero-order chi connectivity index (χ0) is 20.8. The van der Waals surface area contributed by atoms with E-state index in [-0.39, 0.29) is 0 Å². The predicted octanol–water partition coefficient (Wildman–Crippen LogP) is 5.62. The summed E-state index contributed by atoms with van der Waals surface area (Å²) >= 11 is 6.57. The second kappa shape index (κ2) is 7.46. The lowest BCUT2D eigenvalue weighted by Gasteiger charge is -2.32. The van der Waals surface area contributed by atoms with Gasteiger partial charge in [0.25, 0.3) is 0 Å². The first-order valence-corrected chi connectivity index (χ1v) is 10.5. The van der Waals surface area contributed by atoms with Crippen molar-refractivity contribution in [2.75, 3.05) is 7.11 Å². The molecular weight excluding hydrogens is 385 g/mol. The molecule has 4 nitrogen and oxygen atoms in total. The number of rotatable bonds is 3. The normalized spacial score (nSPS) is 20.4. The molecule has 0 N–H and O–H groups in total. The highest BCUT2D eigenvalue weighted by molar-refractivity contribution is 6.71. The van der Waals surface area contributed by atoms with Gasteiger partial charge in [-0.3, -0.25) is 4.98 Å². The van der Waals surface area contributed by atoms with Crippen molar-refractivity contribution in [3.63, 3.8) is 0 Å². The molecule has 1 aromatic carbocycles. The molecule has 1 fully saturated rings. The minimum atomic E-state index is -0.468. The molecule has 6 heteroatoms. The SMILES string of the molecule is COc1ccc2c(c1)CCCC(c1ccncc1Cl)=C2B1OC(C)(C)C(C)(C)O1. The monoisotopic (exact) mass is 411 g/mol. The van der Waals surface area contributed by atoms with Crippen molar-refractivity contribution < 1.29 is 14.0 Å². The first-order chi connectivity index (χ1) is 13.7. The Hall–Kier alpha value is -1.82. The van der Waals surface area contributed by atoms with Crippen LogP contribution in [0.15, 0.2) is 36.7 Å². The lowest BCUT2D eigenvalue weighted by Crippen LogP contribution is -2.41. The number of hydrogen-bond donors (Lipinski definition) is 0. The second-order valence-electron chi connectivity index (χ2n) is 8.71. The lowest BCUT2D eigenvalue weighted by molar-refractivity contribution is 0.00578. The van der Waals surface area contributed by atoms with E-state index in [9.17, 15) is 0 Å². The van der Waals surface area contributed by atoms with Crippen molar-refractivity contribution in [1.29, 1.82) is 0 Å². The van der Waals surface area contributed by atoms with Gasteiger partial charge < -0.3 is 14.0 Å². The highest BCUT2D eigenvalue weighted by Crippen LogP contribution is 2.46. The van der Waals surface area contributed by atoms with Crippen molar-refractivity contribution in [3.05, 3.63) is 58.4 Å². The number of halogens is 1. The van der Waals surface area contributed by atoms with Crippen molar-refractivity contribution in [3.8, 4) is 5.75 Å². The van der Waals surface area contributed by atoms with Crippen LogP contribution in [0.1, 0.15) is 57.2 Å². The maximum atomic E-state index is 6.57. The fourth-order valence-corrected chi connectivity index (χ4v) is 4.28. The van der Waals surface area contributed by atoms with Gasteiger partial charge in [-0.15, -0.1) is 0 Å². The van der Waals surface area contributed by atoms with Crippen LogP contribution in [0.25, 0.3) is 11.0 Å². The summed E-state index contributed by atoms with van der Waals surface area (Å²) in [5.74, 6) is 0.863. The van der Waals surface area contributed by atoms with Crippen LogP contribution in [-0.2, 0) is 15.7 Å². The first-order valence-electron chi connectivity index (χ1n) is 10.1.